The molecule has 0 aliphatic carbocycles. The van der Waals surface area contributed by atoms with Crippen molar-refractivity contribution in [2.75, 3.05) is 4.90 Å². The number of thioether (sulfide) groups is 1. The van der Waals surface area contributed by atoms with Crippen LogP contribution in [0.1, 0.15) is 42.5 Å². The Morgan fingerprint density at radius 2 is 1.59 bits per heavy atom. The van der Waals surface area contributed by atoms with Crippen LogP contribution >= 0.6 is 32.0 Å². The minimum absolute atomic E-state index is 0.0595. The molecule has 4 aromatic rings. The number of aromatic hydroxyl groups is 1. The van der Waals surface area contributed by atoms with Crippen LogP contribution in [0.25, 0.3) is 11.1 Å². The Hall–Kier alpha value is -2.78. The van der Waals surface area contributed by atoms with Gasteiger partial charge in [-0.2, -0.15) is 0 Å². The molecule has 4 atom stereocenters. The number of aliphatic hydroxyl groups excluding tert-OH is 1. The summed E-state index contributed by atoms with van der Waals surface area (Å²) in [7, 11) is -4.34. The highest BCUT2D eigenvalue weighted by atomic mass is 32.2. The molecule has 0 spiro atoms. The number of phenolic OH excluding ortho intramolecular Hbond substituents is 1. The zero-order valence-corrected chi connectivity index (χ0v) is 24.6. The average molecular weight is 612 g/mol. The fourth-order valence-corrected chi connectivity index (χ4v) is 7.97. The molecule has 4 aromatic carbocycles. The number of rotatable bonds is 9. The molecule has 1 saturated heterocycles. The van der Waals surface area contributed by atoms with Crippen molar-refractivity contribution in [1.29, 1.82) is 0 Å². The maximum Gasteiger partial charge on any atom is 0.356 e. The van der Waals surface area contributed by atoms with Crippen LogP contribution in [0.5, 0.6) is 5.75 Å². The van der Waals surface area contributed by atoms with Gasteiger partial charge in [0.25, 0.3) is 0 Å². The Bertz CT molecular complexity index is 1520. The van der Waals surface area contributed by atoms with Crippen molar-refractivity contribution < 1.29 is 29.0 Å². The van der Waals surface area contributed by atoms with Crippen LogP contribution in [0.15, 0.2) is 97.1 Å². The number of benzene rings is 4. The van der Waals surface area contributed by atoms with E-state index in [1.54, 1.807) is 42.1 Å². The molecular weight excluding hydrogens is 580 g/mol. The van der Waals surface area contributed by atoms with E-state index in [0.29, 0.717) is 12.0 Å². The third-order valence-corrected chi connectivity index (χ3v) is 10.2. The highest BCUT2D eigenvalue weighted by molar-refractivity contribution is 8.11. The molecule has 0 bridgehead atoms. The number of hydrogen-bond donors (Lipinski definition) is 5. The van der Waals surface area contributed by atoms with E-state index < -0.39 is 13.7 Å². The lowest BCUT2D eigenvalue weighted by atomic mass is 9.94. The maximum atomic E-state index is 13.3. The molecule has 0 amide bonds. The van der Waals surface area contributed by atoms with Gasteiger partial charge in [-0.05, 0) is 78.4 Å². The van der Waals surface area contributed by atoms with Gasteiger partial charge in [-0.3, -0.25) is 4.57 Å². The van der Waals surface area contributed by atoms with E-state index >= 15 is 0 Å². The molecule has 1 fully saturated rings. The quantitative estimate of drug-likeness (QED) is 0.105. The summed E-state index contributed by atoms with van der Waals surface area (Å²) >= 11 is 6.61. The average Bonchev–Trinajstić information content (AvgIpc) is 3.28. The fraction of sp³-hybridized carbons (Fsp3) is 0.226. The van der Waals surface area contributed by atoms with Gasteiger partial charge in [-0.1, -0.05) is 54.6 Å². The van der Waals surface area contributed by atoms with Crippen LogP contribution in [0, 0.1) is 5.82 Å². The molecule has 1 aliphatic heterocycles. The van der Waals surface area contributed by atoms with Gasteiger partial charge < -0.3 is 24.9 Å². The molecule has 0 aromatic heterocycles. The summed E-state index contributed by atoms with van der Waals surface area (Å²) in [6, 6.07) is 27.2. The molecule has 10 heteroatoms. The summed E-state index contributed by atoms with van der Waals surface area (Å²) < 4.78 is 24.7. The Balaban J connectivity index is 1.40. The third-order valence-electron chi connectivity index (χ3n) is 7.35. The number of hydrogen-bond acceptors (Lipinski definition) is 6. The van der Waals surface area contributed by atoms with E-state index in [4.69, 9.17) is 12.6 Å². The van der Waals surface area contributed by atoms with Gasteiger partial charge in [0.2, 0.25) is 0 Å². The summed E-state index contributed by atoms with van der Waals surface area (Å²) in [6.45, 7) is 0. The molecule has 0 saturated carbocycles. The van der Waals surface area contributed by atoms with Gasteiger partial charge in [-0.25, -0.2) is 4.39 Å². The lowest BCUT2D eigenvalue weighted by Crippen LogP contribution is -2.30. The van der Waals surface area contributed by atoms with Crippen LogP contribution in [0.2, 0.25) is 0 Å². The van der Waals surface area contributed by atoms with Crippen LogP contribution in [-0.4, -0.2) is 30.0 Å². The summed E-state index contributed by atoms with van der Waals surface area (Å²) in [5.41, 5.74) is 3.86. The van der Waals surface area contributed by atoms with Gasteiger partial charge in [0.05, 0.1) is 17.5 Å². The number of nitrogens with zero attached hydrogens (tertiary/aromatic N) is 1. The minimum Gasteiger partial charge on any atom is -0.508 e. The highest BCUT2D eigenvalue weighted by Gasteiger charge is 2.42. The van der Waals surface area contributed by atoms with Crippen molar-refractivity contribution in [3.63, 3.8) is 0 Å². The molecule has 214 valence electrons. The molecule has 1 heterocycles. The van der Waals surface area contributed by atoms with Crippen molar-refractivity contribution in [2.45, 2.75) is 41.4 Å². The number of phenols is 1. The fourth-order valence-electron chi connectivity index (χ4n) is 5.26. The van der Waals surface area contributed by atoms with E-state index in [0.717, 1.165) is 35.2 Å². The second kappa shape index (κ2) is 12.6. The van der Waals surface area contributed by atoms with E-state index in [2.05, 4.69) is 4.90 Å². The normalized spacial score (nSPS) is 19.8. The van der Waals surface area contributed by atoms with Gasteiger partial charge in [0.1, 0.15) is 16.3 Å². The zero-order chi connectivity index (χ0) is 29.1. The number of para-hydroxylation sites is 1. The Labute approximate surface area is 248 Å². The summed E-state index contributed by atoms with van der Waals surface area (Å²) in [5, 5.41) is 22.0. The predicted molar refractivity (Wildman–Crippen MR) is 166 cm³/mol. The molecule has 6 nitrogen and oxygen atoms in total. The second-order valence-corrected chi connectivity index (χ2v) is 13.8. The summed E-state index contributed by atoms with van der Waals surface area (Å²) in [4.78, 5) is 21.0. The third kappa shape index (κ3) is 6.83. The van der Waals surface area contributed by atoms with Crippen LogP contribution < -0.4 is 10.2 Å². The first kappa shape index (κ1) is 29.7. The molecule has 1 aliphatic rings. The first-order valence-corrected chi connectivity index (χ1v) is 16.3. The van der Waals surface area contributed by atoms with Gasteiger partial charge in [-0.15, -0.1) is 24.4 Å². The van der Waals surface area contributed by atoms with E-state index in [1.807, 2.05) is 42.5 Å². The summed E-state index contributed by atoms with van der Waals surface area (Å²) in [5.74, 6) is -0.220. The van der Waals surface area contributed by atoms with Crippen molar-refractivity contribution in [2.24, 2.45) is 0 Å². The number of thiol groups is 1. The van der Waals surface area contributed by atoms with E-state index in [-0.39, 0.29) is 32.9 Å². The van der Waals surface area contributed by atoms with E-state index in [1.165, 1.54) is 24.3 Å². The predicted octanol–water partition coefficient (Wildman–Crippen LogP) is 6.78. The van der Waals surface area contributed by atoms with Crippen LogP contribution in [0.4, 0.5) is 10.1 Å². The SMILES string of the molecule is O=P(O)(O)c1ccc(-c2ccc(C3C(CCCC(O)c4ccc(F)cc4)SC(S)N3c3ccccc3)c(O)c2)cc1. The van der Waals surface area contributed by atoms with Crippen LogP contribution in [-0.2, 0) is 4.57 Å². The minimum atomic E-state index is -4.34. The van der Waals surface area contributed by atoms with Crippen molar-refractivity contribution >= 4 is 43.0 Å². The largest absolute Gasteiger partial charge is 0.508 e. The number of halogens is 1. The lowest BCUT2D eigenvalue weighted by molar-refractivity contribution is 0.163. The topological polar surface area (TPSA) is 101 Å². The van der Waals surface area contributed by atoms with Crippen molar-refractivity contribution in [3.05, 3.63) is 114 Å². The Morgan fingerprint density at radius 3 is 2.22 bits per heavy atom. The van der Waals surface area contributed by atoms with Gasteiger partial charge in [0.15, 0.2) is 0 Å². The molecule has 41 heavy (non-hydrogen) atoms. The molecule has 4 N–H and O–H groups in total. The first-order valence-electron chi connectivity index (χ1n) is 13.2. The monoisotopic (exact) mass is 611 g/mol. The molecule has 5 rings (SSSR count). The van der Waals surface area contributed by atoms with Crippen molar-refractivity contribution in [1.82, 2.24) is 0 Å². The maximum absolute atomic E-state index is 13.3. The zero-order valence-electron chi connectivity index (χ0n) is 22.0. The summed E-state index contributed by atoms with van der Waals surface area (Å²) in [6.07, 6.45) is 1.31. The second-order valence-electron chi connectivity index (χ2n) is 10.1. The Kier molecular flexibility index (Phi) is 9.14. The standard InChI is InChI=1S/C31H31FNO5PS2/c32-23-14-9-21(10-15-23)27(34)7-4-8-29-30(33(31(40)41-29)24-5-2-1-3-6-24)26-18-13-22(19-28(26)35)20-11-16-25(17-12-20)39(36,37)38/h1-3,5-6,9-19,27,29-31,34-35,40H,4,7-8H2,(H2,36,37,38). The Morgan fingerprint density at radius 1 is 0.927 bits per heavy atom. The van der Waals surface area contributed by atoms with Gasteiger partial charge >= 0.3 is 7.60 Å². The number of anilines is 1. The molecular formula is C31H31FNO5PS2. The first-order chi connectivity index (χ1) is 19.6. The smallest absolute Gasteiger partial charge is 0.356 e. The lowest BCUT2D eigenvalue weighted by Gasteiger charge is -2.32. The van der Waals surface area contributed by atoms with E-state index in [9.17, 15) is 29.0 Å². The molecule has 4 unspecified atom stereocenters. The highest BCUT2D eigenvalue weighted by Crippen LogP contribution is 2.52. The number of aliphatic hydroxyl groups is 1. The molecule has 0 radical (unpaired) electrons. The van der Waals surface area contributed by atoms with Gasteiger partial charge in [0, 0.05) is 16.5 Å². The van der Waals surface area contributed by atoms with Crippen molar-refractivity contribution in [3.8, 4) is 16.9 Å². The van der Waals surface area contributed by atoms with Crippen LogP contribution in [0.3, 0.4) is 0 Å².